The second kappa shape index (κ2) is 9.13. The van der Waals surface area contributed by atoms with E-state index in [-0.39, 0.29) is 28.3 Å². The topological polar surface area (TPSA) is 75.7 Å². The van der Waals surface area contributed by atoms with Crippen molar-refractivity contribution in [3.05, 3.63) is 89.5 Å². The zero-order valence-electron chi connectivity index (χ0n) is 16.8. The van der Waals surface area contributed by atoms with Gasteiger partial charge in [0.05, 0.1) is 17.7 Å². The van der Waals surface area contributed by atoms with E-state index >= 15 is 0 Å². The van der Waals surface area contributed by atoms with E-state index in [1.54, 1.807) is 24.3 Å². The van der Waals surface area contributed by atoms with Gasteiger partial charge in [0.15, 0.2) is 0 Å². The Balaban J connectivity index is 1.74. The van der Waals surface area contributed by atoms with Crippen molar-refractivity contribution < 1.29 is 26.7 Å². The van der Waals surface area contributed by atoms with Crippen molar-refractivity contribution >= 4 is 21.6 Å². The average molecular weight is 446 g/mol. The molecule has 0 saturated carbocycles. The molecule has 0 heterocycles. The van der Waals surface area contributed by atoms with Crippen molar-refractivity contribution in [3.8, 4) is 5.75 Å². The Bertz CT molecular complexity index is 1200. The summed E-state index contributed by atoms with van der Waals surface area (Å²) in [5.74, 6) is -1.52. The number of nitrogens with zero attached hydrogens (tertiary/aromatic N) is 1. The fourth-order valence-corrected chi connectivity index (χ4v) is 3.98. The minimum absolute atomic E-state index is 0.0396. The minimum atomic E-state index is -3.91. The number of carbonyl (C=O) groups is 1. The van der Waals surface area contributed by atoms with Gasteiger partial charge in [0.1, 0.15) is 17.4 Å². The number of halogens is 2. The van der Waals surface area contributed by atoms with Crippen LogP contribution in [0, 0.1) is 11.6 Å². The number of hydrogen-bond donors (Lipinski definition) is 1. The maximum atomic E-state index is 13.8. The molecule has 0 aliphatic carbocycles. The monoisotopic (exact) mass is 446 g/mol. The van der Waals surface area contributed by atoms with Gasteiger partial charge in [-0.15, -0.1) is 0 Å². The lowest BCUT2D eigenvalue weighted by atomic mass is 10.1. The van der Waals surface area contributed by atoms with E-state index in [2.05, 4.69) is 4.72 Å². The highest BCUT2D eigenvalue weighted by Gasteiger charge is 2.19. The Morgan fingerprint density at radius 3 is 2.35 bits per heavy atom. The second-order valence-corrected chi connectivity index (χ2v) is 8.41. The van der Waals surface area contributed by atoms with Gasteiger partial charge in [0.2, 0.25) is 0 Å². The molecule has 0 unspecified atom stereocenters. The molecule has 9 heteroatoms. The summed E-state index contributed by atoms with van der Waals surface area (Å²) in [5, 5.41) is 0. The van der Waals surface area contributed by atoms with Gasteiger partial charge in [-0.2, -0.15) is 0 Å². The molecule has 31 heavy (non-hydrogen) atoms. The molecule has 3 aromatic rings. The first-order valence-electron chi connectivity index (χ1n) is 9.16. The molecular formula is C22H20F2N2O4S. The normalized spacial score (nSPS) is 11.1. The van der Waals surface area contributed by atoms with Gasteiger partial charge in [-0.1, -0.05) is 18.2 Å². The summed E-state index contributed by atoms with van der Waals surface area (Å²) in [5.41, 5.74) is 0.671. The van der Waals surface area contributed by atoms with E-state index in [4.69, 9.17) is 4.74 Å². The third-order valence-electron chi connectivity index (χ3n) is 4.53. The number of para-hydroxylation sites is 2. The van der Waals surface area contributed by atoms with Crippen LogP contribution in [0.5, 0.6) is 5.75 Å². The third kappa shape index (κ3) is 5.18. The van der Waals surface area contributed by atoms with Crippen LogP contribution >= 0.6 is 0 Å². The number of hydrogen-bond acceptors (Lipinski definition) is 4. The molecule has 3 rings (SSSR count). The average Bonchev–Trinajstić information content (AvgIpc) is 2.75. The molecule has 0 saturated heterocycles. The minimum Gasteiger partial charge on any atom is -0.495 e. The lowest BCUT2D eigenvalue weighted by Crippen LogP contribution is -2.26. The summed E-state index contributed by atoms with van der Waals surface area (Å²) in [6.07, 6.45) is 0. The third-order valence-corrected chi connectivity index (χ3v) is 5.91. The standard InChI is InChI=1S/C22H20F2N2O4S/c1-26(14-16-7-10-17(23)13-19(16)24)22(27)15-8-11-18(12-9-15)31(28,29)25-20-5-3-4-6-21(20)30-2/h3-13,25H,14H2,1-2H3. The Morgan fingerprint density at radius 2 is 1.71 bits per heavy atom. The fraction of sp³-hybridized carbons (Fsp3) is 0.136. The molecule has 0 aromatic heterocycles. The van der Waals surface area contributed by atoms with E-state index in [1.807, 2.05) is 0 Å². The van der Waals surface area contributed by atoms with Crippen LogP contribution in [-0.2, 0) is 16.6 Å². The summed E-state index contributed by atoms with van der Waals surface area (Å²) in [6, 6.07) is 15.1. The van der Waals surface area contributed by atoms with Gasteiger partial charge in [-0.3, -0.25) is 9.52 Å². The molecule has 0 spiro atoms. The van der Waals surface area contributed by atoms with E-state index in [0.717, 1.165) is 12.1 Å². The molecule has 0 bridgehead atoms. The highest BCUT2D eigenvalue weighted by Crippen LogP contribution is 2.26. The first kappa shape index (κ1) is 22.2. The number of ether oxygens (including phenoxy) is 1. The molecule has 0 radical (unpaired) electrons. The summed E-state index contributed by atoms with van der Waals surface area (Å²) >= 11 is 0. The van der Waals surface area contributed by atoms with E-state index in [1.165, 1.54) is 49.4 Å². The number of anilines is 1. The Hall–Kier alpha value is -3.46. The van der Waals surface area contributed by atoms with Crippen LogP contribution in [0.3, 0.4) is 0 Å². The summed E-state index contributed by atoms with van der Waals surface area (Å²) in [4.78, 5) is 13.8. The molecule has 0 atom stereocenters. The van der Waals surface area contributed by atoms with Crippen LogP contribution in [0.2, 0.25) is 0 Å². The van der Waals surface area contributed by atoms with Crippen molar-refractivity contribution in [2.45, 2.75) is 11.4 Å². The number of methoxy groups -OCH3 is 1. The van der Waals surface area contributed by atoms with Gasteiger partial charge in [-0.05, 0) is 42.5 Å². The van der Waals surface area contributed by atoms with Crippen molar-refractivity contribution in [2.24, 2.45) is 0 Å². The zero-order chi connectivity index (χ0) is 22.6. The van der Waals surface area contributed by atoms with Crippen LogP contribution in [0.1, 0.15) is 15.9 Å². The molecule has 6 nitrogen and oxygen atoms in total. The van der Waals surface area contributed by atoms with Gasteiger partial charge in [-0.25, -0.2) is 17.2 Å². The van der Waals surface area contributed by atoms with Crippen LogP contribution in [-0.4, -0.2) is 33.4 Å². The first-order valence-corrected chi connectivity index (χ1v) is 10.6. The molecule has 1 N–H and O–H groups in total. The van der Waals surface area contributed by atoms with E-state index in [9.17, 15) is 22.0 Å². The van der Waals surface area contributed by atoms with Gasteiger partial charge in [0, 0.05) is 30.8 Å². The van der Waals surface area contributed by atoms with Gasteiger partial charge < -0.3 is 9.64 Å². The van der Waals surface area contributed by atoms with E-state index < -0.39 is 27.6 Å². The molecule has 0 aliphatic rings. The van der Waals surface area contributed by atoms with Crippen molar-refractivity contribution in [2.75, 3.05) is 18.9 Å². The molecule has 0 fully saturated rings. The van der Waals surface area contributed by atoms with Gasteiger partial charge >= 0.3 is 0 Å². The number of amides is 1. The summed E-state index contributed by atoms with van der Waals surface area (Å²) in [7, 11) is -1.00. The molecular weight excluding hydrogens is 426 g/mol. The van der Waals surface area contributed by atoms with Crippen molar-refractivity contribution in [1.29, 1.82) is 0 Å². The molecule has 1 amide bonds. The summed E-state index contributed by atoms with van der Waals surface area (Å²) < 4.78 is 59.8. The Morgan fingerprint density at radius 1 is 1.03 bits per heavy atom. The van der Waals surface area contributed by atoms with Gasteiger partial charge in [0.25, 0.3) is 15.9 Å². The van der Waals surface area contributed by atoms with Crippen molar-refractivity contribution in [3.63, 3.8) is 0 Å². The van der Waals surface area contributed by atoms with Crippen LogP contribution in [0.15, 0.2) is 71.6 Å². The lowest BCUT2D eigenvalue weighted by molar-refractivity contribution is 0.0783. The van der Waals surface area contributed by atoms with Crippen LogP contribution < -0.4 is 9.46 Å². The highest BCUT2D eigenvalue weighted by molar-refractivity contribution is 7.92. The molecule has 3 aromatic carbocycles. The Labute approximate surface area is 179 Å². The number of carbonyl (C=O) groups excluding carboxylic acids is 1. The number of nitrogens with one attached hydrogen (secondary N) is 1. The van der Waals surface area contributed by atoms with E-state index in [0.29, 0.717) is 5.75 Å². The van der Waals surface area contributed by atoms with Crippen LogP contribution in [0.25, 0.3) is 0 Å². The zero-order valence-corrected chi connectivity index (χ0v) is 17.6. The number of sulfonamides is 1. The lowest BCUT2D eigenvalue weighted by Gasteiger charge is -2.18. The SMILES string of the molecule is COc1ccccc1NS(=O)(=O)c1ccc(C(=O)N(C)Cc2ccc(F)cc2F)cc1. The molecule has 0 aliphatic heterocycles. The number of rotatable bonds is 7. The maximum absolute atomic E-state index is 13.8. The predicted octanol–water partition coefficient (Wildman–Crippen LogP) is 4.05. The highest BCUT2D eigenvalue weighted by atomic mass is 32.2. The predicted molar refractivity (Wildman–Crippen MR) is 112 cm³/mol. The quantitative estimate of drug-likeness (QED) is 0.594. The number of benzene rings is 3. The Kier molecular flexibility index (Phi) is 6.55. The molecule has 162 valence electrons. The largest absolute Gasteiger partial charge is 0.495 e. The second-order valence-electron chi connectivity index (χ2n) is 6.73. The van der Waals surface area contributed by atoms with Crippen molar-refractivity contribution in [1.82, 2.24) is 4.90 Å². The smallest absolute Gasteiger partial charge is 0.262 e. The fourth-order valence-electron chi connectivity index (χ4n) is 2.91. The summed E-state index contributed by atoms with van der Waals surface area (Å²) in [6.45, 7) is -0.0691. The first-order chi connectivity index (χ1) is 14.7. The van der Waals surface area contributed by atoms with Crippen LogP contribution in [0.4, 0.5) is 14.5 Å². The maximum Gasteiger partial charge on any atom is 0.262 e.